The fraction of sp³-hybridized carbons (Fsp3) is 0.812. The van der Waals surface area contributed by atoms with Crippen molar-refractivity contribution in [2.45, 2.75) is 52.6 Å². The molecule has 0 spiro atoms. The molecule has 0 saturated carbocycles. The normalized spacial score (nSPS) is 11.2. The highest BCUT2D eigenvalue weighted by Crippen LogP contribution is 2.06. The number of carbonyl (C=O) groups excluding carboxylic acids is 2. The molecule has 25 heavy (non-hydrogen) atoms. The zero-order valence-electron chi connectivity index (χ0n) is 15.9. The molecule has 0 aliphatic carbocycles. The van der Waals surface area contributed by atoms with E-state index in [0.29, 0.717) is 45.0 Å². The number of hydrogen-bond donors (Lipinski definition) is 3. The standard InChI is InChI=1S/C16H32N4O4.HI/c1-6-23-13(21)9-7-10-18-14(17-5)19-11-8-12-20-15(22)24-16(2,3)4;/h6-12H2,1-5H3,(H,20,22)(H2,17,18,19);1H. The number of guanidine groups is 1. The molecule has 8 nitrogen and oxygen atoms in total. The molecule has 1 amide bonds. The lowest BCUT2D eigenvalue weighted by Crippen LogP contribution is -2.39. The molecule has 0 aromatic carbocycles. The molecule has 0 aliphatic rings. The lowest BCUT2D eigenvalue weighted by Gasteiger charge is -2.19. The quantitative estimate of drug-likeness (QED) is 0.156. The summed E-state index contributed by atoms with van der Waals surface area (Å²) in [6.07, 6.45) is 1.39. The third kappa shape index (κ3) is 17.4. The second-order valence-electron chi connectivity index (χ2n) is 6.12. The molecule has 0 unspecified atom stereocenters. The molecule has 0 aromatic rings. The Morgan fingerprint density at radius 2 is 1.56 bits per heavy atom. The summed E-state index contributed by atoms with van der Waals surface area (Å²) in [4.78, 5) is 26.8. The highest BCUT2D eigenvalue weighted by Gasteiger charge is 2.15. The van der Waals surface area contributed by atoms with Crippen LogP contribution in [0.3, 0.4) is 0 Å². The lowest BCUT2D eigenvalue weighted by atomic mass is 10.2. The fourth-order valence-electron chi connectivity index (χ4n) is 1.69. The fourth-order valence-corrected chi connectivity index (χ4v) is 1.69. The number of ether oxygens (including phenoxy) is 2. The molecule has 0 heterocycles. The summed E-state index contributed by atoms with van der Waals surface area (Å²) < 4.78 is 10.0. The van der Waals surface area contributed by atoms with Crippen LogP contribution in [0.5, 0.6) is 0 Å². The smallest absolute Gasteiger partial charge is 0.407 e. The Morgan fingerprint density at radius 3 is 2.08 bits per heavy atom. The van der Waals surface area contributed by atoms with E-state index in [9.17, 15) is 9.59 Å². The molecule has 9 heteroatoms. The zero-order chi connectivity index (χ0) is 18.4. The molecular formula is C16H33IN4O4. The van der Waals surface area contributed by atoms with Crippen LogP contribution in [0.15, 0.2) is 4.99 Å². The lowest BCUT2D eigenvalue weighted by molar-refractivity contribution is -0.143. The van der Waals surface area contributed by atoms with E-state index in [1.807, 2.05) is 20.8 Å². The zero-order valence-corrected chi connectivity index (χ0v) is 18.3. The van der Waals surface area contributed by atoms with Gasteiger partial charge in [-0.1, -0.05) is 0 Å². The van der Waals surface area contributed by atoms with Crippen molar-refractivity contribution in [1.29, 1.82) is 0 Å². The predicted octanol–water partition coefficient (Wildman–Crippen LogP) is 2.03. The molecule has 0 atom stereocenters. The number of nitrogens with one attached hydrogen (secondary N) is 3. The average molecular weight is 472 g/mol. The van der Waals surface area contributed by atoms with Crippen molar-refractivity contribution in [2.75, 3.05) is 33.3 Å². The Kier molecular flexibility index (Phi) is 15.6. The third-order valence-electron chi connectivity index (χ3n) is 2.69. The van der Waals surface area contributed by atoms with E-state index in [0.717, 1.165) is 6.42 Å². The number of esters is 1. The Labute approximate surface area is 167 Å². The maximum absolute atomic E-state index is 11.5. The first kappa shape index (κ1) is 26.0. The Hall–Kier alpha value is -1.26. The number of carbonyl (C=O) groups is 2. The van der Waals surface area contributed by atoms with E-state index >= 15 is 0 Å². The van der Waals surface area contributed by atoms with E-state index in [1.54, 1.807) is 14.0 Å². The van der Waals surface area contributed by atoms with E-state index in [-0.39, 0.29) is 29.9 Å². The molecule has 0 rings (SSSR count). The van der Waals surface area contributed by atoms with Gasteiger partial charge in [-0.05, 0) is 40.5 Å². The van der Waals surface area contributed by atoms with Gasteiger partial charge in [-0.25, -0.2) is 4.79 Å². The van der Waals surface area contributed by atoms with Crippen LogP contribution in [0.1, 0.15) is 47.0 Å². The van der Waals surface area contributed by atoms with Crippen LogP contribution in [0.25, 0.3) is 0 Å². The molecule has 0 bridgehead atoms. The first-order valence-electron chi connectivity index (χ1n) is 8.35. The van der Waals surface area contributed by atoms with Crippen LogP contribution in [-0.2, 0) is 14.3 Å². The predicted molar refractivity (Wildman–Crippen MR) is 110 cm³/mol. The first-order chi connectivity index (χ1) is 11.3. The van der Waals surface area contributed by atoms with Crippen molar-refractivity contribution in [3.8, 4) is 0 Å². The van der Waals surface area contributed by atoms with Crippen molar-refractivity contribution in [3.05, 3.63) is 0 Å². The molecule has 0 fully saturated rings. The van der Waals surface area contributed by atoms with Gasteiger partial charge < -0.3 is 25.4 Å². The maximum atomic E-state index is 11.5. The summed E-state index contributed by atoms with van der Waals surface area (Å²) in [6.45, 7) is 9.49. The van der Waals surface area contributed by atoms with Crippen LogP contribution in [-0.4, -0.2) is 56.9 Å². The molecule has 0 aromatic heterocycles. The molecule has 0 saturated heterocycles. The molecule has 0 radical (unpaired) electrons. The number of alkyl carbamates (subject to hydrolysis) is 1. The number of hydrogen-bond acceptors (Lipinski definition) is 5. The summed E-state index contributed by atoms with van der Waals surface area (Å²) >= 11 is 0. The minimum atomic E-state index is -0.488. The minimum absolute atomic E-state index is 0. The number of halogens is 1. The van der Waals surface area contributed by atoms with Crippen LogP contribution >= 0.6 is 24.0 Å². The Balaban J connectivity index is 0. The van der Waals surface area contributed by atoms with Crippen molar-refractivity contribution >= 4 is 42.0 Å². The summed E-state index contributed by atoms with van der Waals surface area (Å²) in [5, 5.41) is 8.95. The second-order valence-corrected chi connectivity index (χ2v) is 6.12. The van der Waals surface area contributed by atoms with Gasteiger partial charge in [-0.3, -0.25) is 9.79 Å². The topological polar surface area (TPSA) is 101 Å². The molecule has 148 valence electrons. The summed E-state index contributed by atoms with van der Waals surface area (Å²) in [5.74, 6) is 0.478. The van der Waals surface area contributed by atoms with Gasteiger partial charge >= 0.3 is 12.1 Å². The highest BCUT2D eigenvalue weighted by atomic mass is 127. The van der Waals surface area contributed by atoms with Gasteiger partial charge in [0, 0.05) is 33.1 Å². The summed E-state index contributed by atoms with van der Waals surface area (Å²) in [7, 11) is 1.68. The van der Waals surface area contributed by atoms with Crippen LogP contribution in [0, 0.1) is 0 Å². The van der Waals surface area contributed by atoms with Crippen molar-refractivity contribution in [3.63, 3.8) is 0 Å². The number of amides is 1. The van der Waals surface area contributed by atoms with Gasteiger partial charge in [0.15, 0.2) is 5.96 Å². The number of rotatable bonds is 9. The average Bonchev–Trinajstić information content (AvgIpc) is 2.47. The summed E-state index contributed by atoms with van der Waals surface area (Å²) in [6, 6.07) is 0. The molecular weight excluding hydrogens is 439 g/mol. The van der Waals surface area contributed by atoms with Gasteiger partial charge in [0.25, 0.3) is 0 Å². The monoisotopic (exact) mass is 472 g/mol. The van der Waals surface area contributed by atoms with E-state index < -0.39 is 11.7 Å². The Morgan fingerprint density at radius 1 is 1.00 bits per heavy atom. The van der Waals surface area contributed by atoms with E-state index in [2.05, 4.69) is 20.9 Å². The van der Waals surface area contributed by atoms with Gasteiger partial charge in [0.1, 0.15) is 5.60 Å². The largest absolute Gasteiger partial charge is 0.466 e. The third-order valence-corrected chi connectivity index (χ3v) is 2.69. The van der Waals surface area contributed by atoms with Gasteiger partial charge in [-0.15, -0.1) is 24.0 Å². The van der Waals surface area contributed by atoms with Gasteiger partial charge in [0.05, 0.1) is 6.61 Å². The van der Waals surface area contributed by atoms with E-state index in [4.69, 9.17) is 9.47 Å². The second kappa shape index (κ2) is 15.0. The Bertz CT molecular complexity index is 411. The van der Waals surface area contributed by atoms with Crippen molar-refractivity contribution < 1.29 is 19.1 Å². The maximum Gasteiger partial charge on any atom is 0.407 e. The summed E-state index contributed by atoms with van der Waals surface area (Å²) in [5.41, 5.74) is -0.488. The van der Waals surface area contributed by atoms with Crippen molar-refractivity contribution in [1.82, 2.24) is 16.0 Å². The molecule has 0 aliphatic heterocycles. The number of nitrogens with zero attached hydrogens (tertiary/aromatic N) is 1. The van der Waals surface area contributed by atoms with Gasteiger partial charge in [0.2, 0.25) is 0 Å². The van der Waals surface area contributed by atoms with Crippen LogP contribution < -0.4 is 16.0 Å². The van der Waals surface area contributed by atoms with Crippen LogP contribution in [0.2, 0.25) is 0 Å². The number of aliphatic imine (C=N–C) groups is 1. The minimum Gasteiger partial charge on any atom is -0.466 e. The highest BCUT2D eigenvalue weighted by molar-refractivity contribution is 14.0. The van der Waals surface area contributed by atoms with E-state index in [1.165, 1.54) is 0 Å². The SMILES string of the molecule is CCOC(=O)CCCNC(=NC)NCCCNC(=O)OC(C)(C)C.I. The van der Waals surface area contributed by atoms with Gasteiger partial charge in [-0.2, -0.15) is 0 Å². The van der Waals surface area contributed by atoms with Crippen molar-refractivity contribution in [2.24, 2.45) is 4.99 Å². The molecule has 3 N–H and O–H groups in total. The first-order valence-corrected chi connectivity index (χ1v) is 8.35. The van der Waals surface area contributed by atoms with Crippen LogP contribution in [0.4, 0.5) is 4.79 Å².